The monoisotopic (exact) mass is 458 g/mol. The highest BCUT2D eigenvalue weighted by atomic mass is 32.1. The van der Waals surface area contributed by atoms with Crippen LogP contribution in [0, 0.1) is 0 Å². The number of anilines is 1. The molecule has 9 heteroatoms. The molecule has 1 unspecified atom stereocenters. The van der Waals surface area contributed by atoms with Gasteiger partial charge in [0.15, 0.2) is 0 Å². The SMILES string of the molecule is O=C1NC(=O)C(c2c[nH]c3ccsc23)=C1c1nc(NCC2CCCCN2)nc2ccccc12. The van der Waals surface area contributed by atoms with Crippen LogP contribution in [0.15, 0.2) is 41.9 Å². The van der Waals surface area contributed by atoms with Crippen LogP contribution in [-0.4, -0.2) is 45.9 Å². The fourth-order valence-electron chi connectivity index (χ4n) is 4.63. The summed E-state index contributed by atoms with van der Waals surface area (Å²) < 4.78 is 0.937. The van der Waals surface area contributed by atoms with Crippen LogP contribution in [0.2, 0.25) is 0 Å². The maximum absolute atomic E-state index is 13.0. The zero-order valence-electron chi connectivity index (χ0n) is 17.8. The van der Waals surface area contributed by atoms with Crippen molar-refractivity contribution in [1.29, 1.82) is 0 Å². The second kappa shape index (κ2) is 8.09. The van der Waals surface area contributed by atoms with E-state index in [0.717, 1.165) is 34.1 Å². The van der Waals surface area contributed by atoms with Gasteiger partial charge in [-0.05, 0) is 36.9 Å². The molecule has 166 valence electrons. The molecule has 6 rings (SSSR count). The number of nitrogens with zero attached hydrogens (tertiary/aromatic N) is 2. The van der Waals surface area contributed by atoms with Gasteiger partial charge in [0.25, 0.3) is 11.8 Å². The molecule has 2 aliphatic heterocycles. The second-order valence-electron chi connectivity index (χ2n) is 8.34. The number of carbonyl (C=O) groups is 2. The largest absolute Gasteiger partial charge is 0.360 e. The van der Waals surface area contributed by atoms with E-state index < -0.39 is 11.8 Å². The number of fused-ring (bicyclic) bond motifs is 2. The van der Waals surface area contributed by atoms with E-state index in [2.05, 4.69) is 25.9 Å². The molecule has 4 N–H and O–H groups in total. The molecule has 0 saturated carbocycles. The quantitative estimate of drug-likeness (QED) is 0.342. The third kappa shape index (κ3) is 3.49. The number of piperidine rings is 1. The average Bonchev–Trinajstić information content (AvgIpc) is 3.52. The zero-order valence-corrected chi connectivity index (χ0v) is 18.6. The smallest absolute Gasteiger partial charge is 0.261 e. The first-order chi connectivity index (χ1) is 16.2. The summed E-state index contributed by atoms with van der Waals surface area (Å²) in [6, 6.07) is 9.89. The van der Waals surface area contributed by atoms with Gasteiger partial charge in [0, 0.05) is 29.7 Å². The number of hydrogen-bond acceptors (Lipinski definition) is 7. The van der Waals surface area contributed by atoms with Gasteiger partial charge in [-0.15, -0.1) is 11.3 Å². The fraction of sp³-hybridized carbons (Fsp3) is 0.250. The van der Waals surface area contributed by atoms with Crippen molar-refractivity contribution in [3.8, 4) is 0 Å². The Morgan fingerprint density at radius 2 is 1.94 bits per heavy atom. The molecule has 33 heavy (non-hydrogen) atoms. The lowest BCUT2D eigenvalue weighted by atomic mass is 9.99. The second-order valence-corrected chi connectivity index (χ2v) is 9.26. The molecule has 4 aromatic rings. The number of hydrogen-bond donors (Lipinski definition) is 4. The van der Waals surface area contributed by atoms with Crippen LogP contribution in [0.4, 0.5) is 5.95 Å². The van der Waals surface area contributed by atoms with Crippen LogP contribution in [-0.2, 0) is 9.59 Å². The van der Waals surface area contributed by atoms with Gasteiger partial charge in [-0.2, -0.15) is 0 Å². The van der Waals surface area contributed by atoms with Crippen LogP contribution in [0.3, 0.4) is 0 Å². The molecule has 2 aliphatic rings. The fourth-order valence-corrected chi connectivity index (χ4v) is 5.51. The number of nitrogens with one attached hydrogen (secondary N) is 4. The van der Waals surface area contributed by atoms with Crippen LogP contribution >= 0.6 is 11.3 Å². The van der Waals surface area contributed by atoms with Gasteiger partial charge in [-0.3, -0.25) is 14.9 Å². The normalized spacial score (nSPS) is 19.0. The molecule has 5 heterocycles. The molecule has 1 saturated heterocycles. The predicted octanol–water partition coefficient (Wildman–Crippen LogP) is 3.29. The maximum Gasteiger partial charge on any atom is 0.261 e. The van der Waals surface area contributed by atoms with Crippen molar-refractivity contribution in [3.05, 3.63) is 53.2 Å². The predicted molar refractivity (Wildman–Crippen MR) is 130 cm³/mol. The highest BCUT2D eigenvalue weighted by Crippen LogP contribution is 2.38. The average molecular weight is 459 g/mol. The molecule has 8 nitrogen and oxygen atoms in total. The number of carbonyl (C=O) groups excluding carboxylic acids is 2. The number of para-hydroxylation sites is 1. The van der Waals surface area contributed by atoms with Crippen molar-refractivity contribution in [2.45, 2.75) is 25.3 Å². The molecule has 1 aromatic carbocycles. The van der Waals surface area contributed by atoms with E-state index >= 15 is 0 Å². The first kappa shape index (κ1) is 20.1. The summed E-state index contributed by atoms with van der Waals surface area (Å²) >= 11 is 1.53. The summed E-state index contributed by atoms with van der Waals surface area (Å²) in [7, 11) is 0. The van der Waals surface area contributed by atoms with Gasteiger partial charge < -0.3 is 15.6 Å². The number of rotatable bonds is 5. The highest BCUT2D eigenvalue weighted by Gasteiger charge is 2.35. The van der Waals surface area contributed by atoms with Crippen molar-refractivity contribution in [2.24, 2.45) is 0 Å². The minimum atomic E-state index is -0.440. The Kier molecular flexibility index (Phi) is 4.92. The Morgan fingerprint density at radius 3 is 2.82 bits per heavy atom. The molecular formula is C24H22N6O2S. The van der Waals surface area contributed by atoms with Crippen LogP contribution < -0.4 is 16.0 Å². The van der Waals surface area contributed by atoms with Crippen molar-refractivity contribution < 1.29 is 9.59 Å². The summed E-state index contributed by atoms with van der Waals surface area (Å²) in [5.74, 6) is -0.400. The van der Waals surface area contributed by atoms with Crippen LogP contribution in [0.25, 0.3) is 32.3 Å². The lowest BCUT2D eigenvalue weighted by Gasteiger charge is -2.23. The Labute approximate surface area is 193 Å². The summed E-state index contributed by atoms with van der Waals surface area (Å²) in [5.41, 5.74) is 3.45. The van der Waals surface area contributed by atoms with Gasteiger partial charge in [-0.1, -0.05) is 24.6 Å². The minimum absolute atomic E-state index is 0.284. The molecular weight excluding hydrogens is 436 g/mol. The van der Waals surface area contributed by atoms with Gasteiger partial charge in [0.1, 0.15) is 0 Å². The topological polar surface area (TPSA) is 112 Å². The van der Waals surface area contributed by atoms with Crippen molar-refractivity contribution in [2.75, 3.05) is 18.4 Å². The standard InChI is InChI=1S/C24H22N6O2S/c31-22-18(15-12-26-17-8-10-33-21(15)17)19(23(32)30-22)20-14-6-1-2-7-16(14)28-24(29-20)27-11-13-5-3-4-9-25-13/h1-2,6-8,10,12-13,25-26H,3-5,9,11H2,(H,27,28,29)(H,30,31,32). The summed E-state index contributed by atoms with van der Waals surface area (Å²) in [5, 5.41) is 12.0. The Morgan fingerprint density at radius 1 is 1.06 bits per heavy atom. The third-order valence-electron chi connectivity index (χ3n) is 6.24. The van der Waals surface area contributed by atoms with E-state index in [1.54, 1.807) is 6.20 Å². The molecule has 2 amide bonds. The summed E-state index contributed by atoms with van der Waals surface area (Å²) in [4.78, 5) is 38.6. The Bertz CT molecular complexity index is 1430. The van der Waals surface area contributed by atoms with E-state index in [1.165, 1.54) is 24.2 Å². The number of aromatic amines is 1. The molecule has 0 spiro atoms. The number of aromatic nitrogens is 3. The molecule has 1 fully saturated rings. The van der Waals surface area contributed by atoms with Gasteiger partial charge >= 0.3 is 0 Å². The van der Waals surface area contributed by atoms with E-state index in [9.17, 15) is 9.59 Å². The van der Waals surface area contributed by atoms with E-state index in [-0.39, 0.29) is 5.57 Å². The van der Waals surface area contributed by atoms with Crippen LogP contribution in [0.1, 0.15) is 30.5 Å². The van der Waals surface area contributed by atoms with Gasteiger partial charge in [0.2, 0.25) is 5.95 Å². The van der Waals surface area contributed by atoms with Crippen molar-refractivity contribution in [3.63, 3.8) is 0 Å². The Balaban J connectivity index is 1.49. The molecule has 1 atom stereocenters. The van der Waals surface area contributed by atoms with Gasteiger partial charge in [0.05, 0.1) is 32.6 Å². The minimum Gasteiger partial charge on any atom is -0.360 e. The number of amides is 2. The van der Waals surface area contributed by atoms with Crippen molar-refractivity contribution in [1.82, 2.24) is 25.6 Å². The summed E-state index contributed by atoms with van der Waals surface area (Å²) in [6.45, 7) is 1.71. The lowest BCUT2D eigenvalue weighted by molar-refractivity contribution is -0.122. The van der Waals surface area contributed by atoms with Crippen molar-refractivity contribution >= 4 is 61.4 Å². The zero-order chi connectivity index (χ0) is 22.4. The molecule has 3 aromatic heterocycles. The summed E-state index contributed by atoms with van der Waals surface area (Å²) in [6.07, 6.45) is 5.29. The van der Waals surface area contributed by atoms with Crippen LogP contribution in [0.5, 0.6) is 0 Å². The molecule has 0 aliphatic carbocycles. The van der Waals surface area contributed by atoms with E-state index in [0.29, 0.717) is 35.4 Å². The lowest BCUT2D eigenvalue weighted by Crippen LogP contribution is -2.39. The first-order valence-corrected chi connectivity index (χ1v) is 12.0. The molecule has 0 bridgehead atoms. The number of H-pyrrole nitrogens is 1. The highest BCUT2D eigenvalue weighted by molar-refractivity contribution is 7.17. The van der Waals surface area contributed by atoms with Gasteiger partial charge in [-0.25, -0.2) is 9.97 Å². The third-order valence-corrected chi connectivity index (χ3v) is 7.19. The van der Waals surface area contributed by atoms with E-state index in [1.807, 2.05) is 35.7 Å². The Hall–Kier alpha value is -3.56. The maximum atomic E-state index is 13.0. The first-order valence-electron chi connectivity index (χ1n) is 11.1. The number of benzene rings is 1. The number of thiophene rings is 1. The molecule has 0 radical (unpaired) electrons. The van der Waals surface area contributed by atoms with E-state index in [4.69, 9.17) is 4.98 Å². The number of imide groups is 1.